The maximum atomic E-state index is 12.5. The van der Waals surface area contributed by atoms with Gasteiger partial charge in [-0.1, -0.05) is 404 Å². The molecule has 2 unspecified atom stereocenters. The van der Waals surface area contributed by atoms with Crippen molar-refractivity contribution in [3.05, 3.63) is 24.3 Å². The number of esters is 1. The minimum absolute atomic E-state index is 0.0175. The molecule has 0 spiro atoms. The van der Waals surface area contributed by atoms with Gasteiger partial charge in [-0.3, -0.25) is 9.59 Å². The molecule has 0 aliphatic carbocycles. The summed E-state index contributed by atoms with van der Waals surface area (Å²) in [6, 6.07) is -0.535. The first kappa shape index (κ1) is 84.3. The molecule has 0 heterocycles. The third-order valence-electron chi connectivity index (χ3n) is 18.8. The van der Waals surface area contributed by atoms with Gasteiger partial charge >= 0.3 is 5.97 Å². The Morgan fingerprint density at radius 1 is 0.326 bits per heavy atom. The van der Waals surface area contributed by atoms with E-state index in [4.69, 9.17) is 4.74 Å². The van der Waals surface area contributed by atoms with Crippen molar-refractivity contribution in [2.45, 2.75) is 463 Å². The van der Waals surface area contributed by atoms with Gasteiger partial charge in [0.15, 0.2) is 0 Å². The first-order valence-electron chi connectivity index (χ1n) is 39.6. The van der Waals surface area contributed by atoms with Crippen molar-refractivity contribution < 1.29 is 24.5 Å². The monoisotopic (exact) mass is 1210 g/mol. The number of aliphatic hydroxyl groups excluding tert-OH is 2. The summed E-state index contributed by atoms with van der Waals surface area (Å²) in [6.07, 6.45) is 97.2. The lowest BCUT2D eigenvalue weighted by molar-refractivity contribution is -0.143. The molecular weight excluding hydrogens is 1050 g/mol. The van der Waals surface area contributed by atoms with Crippen LogP contribution in [0.2, 0.25) is 0 Å². The number of rotatable bonds is 75. The number of carbonyl (C=O) groups is 2. The summed E-state index contributed by atoms with van der Waals surface area (Å²) < 4.78 is 5.51. The van der Waals surface area contributed by atoms with Crippen LogP contribution in [0, 0.1) is 0 Å². The Morgan fingerprint density at radius 2 is 0.581 bits per heavy atom. The maximum Gasteiger partial charge on any atom is 0.305 e. The zero-order valence-electron chi connectivity index (χ0n) is 58.6. The Balaban J connectivity index is 3.27. The minimum Gasteiger partial charge on any atom is -0.466 e. The van der Waals surface area contributed by atoms with Crippen LogP contribution in [0.15, 0.2) is 24.3 Å². The molecule has 0 rings (SSSR count). The third kappa shape index (κ3) is 71.4. The van der Waals surface area contributed by atoms with Crippen LogP contribution in [0.5, 0.6) is 0 Å². The standard InChI is InChI=1S/C80H155NO5/c1-3-5-7-9-11-13-15-17-18-19-44-47-50-54-58-62-66-70-74-80(85)86-75-71-67-63-59-55-51-48-45-42-40-38-36-34-32-30-28-26-24-22-20-21-23-25-27-29-31-33-35-37-39-41-43-46-49-53-57-61-65-69-73-79(84)81-77(76-82)78(83)72-68-64-60-56-52-16-14-12-10-8-6-4-2/h13,15,18-19,77-78,82-83H,3-12,14,16-17,20-76H2,1-2H3,(H,81,84)/b15-13-,19-18-. The quantitative estimate of drug-likeness (QED) is 0.0320. The molecule has 0 fully saturated rings. The van der Waals surface area contributed by atoms with Gasteiger partial charge in [0, 0.05) is 12.8 Å². The number of carbonyl (C=O) groups excluding carboxylic acids is 2. The van der Waals surface area contributed by atoms with Crippen LogP contribution in [0.25, 0.3) is 0 Å². The second-order valence-corrected chi connectivity index (χ2v) is 27.4. The van der Waals surface area contributed by atoms with Crippen molar-refractivity contribution >= 4 is 11.9 Å². The van der Waals surface area contributed by atoms with Crippen molar-refractivity contribution in [3.8, 4) is 0 Å². The van der Waals surface area contributed by atoms with Crippen molar-refractivity contribution in [3.63, 3.8) is 0 Å². The average Bonchev–Trinajstić information content (AvgIpc) is 3.53. The molecule has 0 aromatic carbocycles. The molecule has 0 aliphatic heterocycles. The lowest BCUT2D eigenvalue weighted by atomic mass is 10.0. The zero-order valence-corrected chi connectivity index (χ0v) is 58.6. The number of amides is 1. The molecule has 0 aromatic rings. The van der Waals surface area contributed by atoms with E-state index in [1.54, 1.807) is 0 Å². The summed E-state index contributed by atoms with van der Waals surface area (Å²) >= 11 is 0. The normalized spacial score (nSPS) is 12.6. The van der Waals surface area contributed by atoms with E-state index in [9.17, 15) is 19.8 Å². The van der Waals surface area contributed by atoms with Gasteiger partial charge in [0.1, 0.15) is 0 Å². The van der Waals surface area contributed by atoms with Crippen LogP contribution in [0.3, 0.4) is 0 Å². The molecule has 6 nitrogen and oxygen atoms in total. The first-order chi connectivity index (χ1) is 42.5. The van der Waals surface area contributed by atoms with Crippen molar-refractivity contribution in [1.29, 1.82) is 0 Å². The Bertz CT molecular complexity index is 1350. The number of hydrogen-bond acceptors (Lipinski definition) is 5. The van der Waals surface area contributed by atoms with Crippen LogP contribution in [-0.2, 0) is 14.3 Å². The Kier molecular flexibility index (Phi) is 74.3. The zero-order chi connectivity index (χ0) is 62.0. The molecule has 0 saturated heterocycles. The van der Waals surface area contributed by atoms with E-state index >= 15 is 0 Å². The van der Waals surface area contributed by atoms with Gasteiger partial charge in [0.2, 0.25) is 5.91 Å². The minimum atomic E-state index is -0.658. The van der Waals surface area contributed by atoms with E-state index in [-0.39, 0.29) is 18.5 Å². The summed E-state index contributed by atoms with van der Waals surface area (Å²) in [5.74, 6) is -0.00924. The van der Waals surface area contributed by atoms with E-state index in [2.05, 4.69) is 43.5 Å². The predicted octanol–water partition coefficient (Wildman–Crippen LogP) is 26.0. The molecule has 2 atom stereocenters. The molecule has 86 heavy (non-hydrogen) atoms. The highest BCUT2D eigenvalue weighted by molar-refractivity contribution is 5.76. The number of ether oxygens (including phenoxy) is 1. The fourth-order valence-corrected chi connectivity index (χ4v) is 12.7. The van der Waals surface area contributed by atoms with E-state index < -0.39 is 12.1 Å². The average molecular weight is 1210 g/mol. The number of aliphatic hydroxyl groups is 2. The van der Waals surface area contributed by atoms with Crippen LogP contribution in [0.4, 0.5) is 0 Å². The van der Waals surface area contributed by atoms with Gasteiger partial charge in [-0.2, -0.15) is 0 Å². The maximum absolute atomic E-state index is 12.5. The van der Waals surface area contributed by atoms with Gasteiger partial charge in [0.25, 0.3) is 0 Å². The smallest absolute Gasteiger partial charge is 0.305 e. The summed E-state index contributed by atoms with van der Waals surface area (Å²) in [5.41, 5.74) is 0. The highest BCUT2D eigenvalue weighted by Crippen LogP contribution is 2.20. The van der Waals surface area contributed by atoms with Crippen molar-refractivity contribution in [2.75, 3.05) is 13.2 Å². The fraction of sp³-hybridized carbons (Fsp3) is 0.925. The molecule has 0 aliphatic rings. The molecule has 1 amide bonds. The number of hydrogen-bond donors (Lipinski definition) is 3. The summed E-state index contributed by atoms with van der Waals surface area (Å²) in [6.45, 7) is 4.97. The number of nitrogens with one attached hydrogen (secondary N) is 1. The molecule has 3 N–H and O–H groups in total. The van der Waals surface area contributed by atoms with Crippen LogP contribution in [-0.4, -0.2) is 47.4 Å². The van der Waals surface area contributed by atoms with Crippen LogP contribution >= 0.6 is 0 Å². The van der Waals surface area contributed by atoms with E-state index in [0.717, 1.165) is 51.4 Å². The Labute approximate surface area is 539 Å². The molecular formula is C80H155NO5. The third-order valence-corrected chi connectivity index (χ3v) is 18.8. The number of unbranched alkanes of at least 4 members (excludes halogenated alkanes) is 60. The van der Waals surface area contributed by atoms with Gasteiger partial charge in [-0.15, -0.1) is 0 Å². The van der Waals surface area contributed by atoms with E-state index in [0.29, 0.717) is 25.9 Å². The SMILES string of the molecule is CCCCCC/C=C\C/C=C\CCCCCCCCCC(=O)OCCCCCCCCCCCCCCCCCCCCCCCCCCCCCCCCCCCCCCCCCC(=O)NC(CO)C(O)CCCCCCCCCCCCCC. The topological polar surface area (TPSA) is 95.9 Å². The first-order valence-corrected chi connectivity index (χ1v) is 39.6. The van der Waals surface area contributed by atoms with E-state index in [1.807, 2.05) is 0 Å². The van der Waals surface area contributed by atoms with Gasteiger partial charge in [-0.25, -0.2) is 0 Å². The lowest BCUT2D eigenvalue weighted by Gasteiger charge is -2.22. The van der Waals surface area contributed by atoms with E-state index in [1.165, 1.54) is 366 Å². The molecule has 6 heteroatoms. The highest BCUT2D eigenvalue weighted by Gasteiger charge is 2.20. The summed E-state index contributed by atoms with van der Waals surface area (Å²) in [5, 5.41) is 23.3. The molecule has 510 valence electrons. The number of allylic oxidation sites excluding steroid dienone is 4. The predicted molar refractivity (Wildman–Crippen MR) is 380 cm³/mol. The summed E-state index contributed by atoms with van der Waals surface area (Å²) in [4.78, 5) is 24.6. The molecule has 0 aromatic heterocycles. The van der Waals surface area contributed by atoms with Crippen LogP contribution < -0.4 is 5.32 Å². The molecule has 0 saturated carbocycles. The van der Waals surface area contributed by atoms with Gasteiger partial charge in [0.05, 0.1) is 25.4 Å². The Morgan fingerprint density at radius 3 is 0.895 bits per heavy atom. The lowest BCUT2D eigenvalue weighted by Crippen LogP contribution is -2.45. The van der Waals surface area contributed by atoms with Gasteiger partial charge in [-0.05, 0) is 57.8 Å². The van der Waals surface area contributed by atoms with Crippen LogP contribution in [0.1, 0.15) is 450 Å². The molecule has 0 bridgehead atoms. The van der Waals surface area contributed by atoms with Crippen molar-refractivity contribution in [2.24, 2.45) is 0 Å². The Hall–Kier alpha value is -1.66. The fourth-order valence-electron chi connectivity index (χ4n) is 12.7. The molecule has 0 radical (unpaired) electrons. The largest absolute Gasteiger partial charge is 0.466 e. The second kappa shape index (κ2) is 75.8. The summed E-state index contributed by atoms with van der Waals surface area (Å²) in [7, 11) is 0. The van der Waals surface area contributed by atoms with Crippen molar-refractivity contribution in [1.82, 2.24) is 5.32 Å². The second-order valence-electron chi connectivity index (χ2n) is 27.4. The van der Waals surface area contributed by atoms with Gasteiger partial charge < -0.3 is 20.3 Å². The highest BCUT2D eigenvalue weighted by atomic mass is 16.5.